The van der Waals surface area contributed by atoms with Crippen molar-refractivity contribution in [3.05, 3.63) is 65.7 Å². The molecule has 0 radical (unpaired) electrons. The number of benzene rings is 2. The molecule has 2 amide bonds. The second-order valence-electron chi connectivity index (χ2n) is 8.62. The molecule has 0 atom stereocenters. The van der Waals surface area contributed by atoms with E-state index in [9.17, 15) is 4.79 Å². The van der Waals surface area contributed by atoms with E-state index in [2.05, 4.69) is 61.0 Å². The lowest BCUT2D eigenvalue weighted by Gasteiger charge is -2.26. The van der Waals surface area contributed by atoms with Crippen molar-refractivity contribution in [1.82, 2.24) is 15.5 Å². The molecular weight excluding hydrogens is 386 g/mol. The summed E-state index contributed by atoms with van der Waals surface area (Å²) in [5.41, 5.74) is 3.14. The second kappa shape index (κ2) is 10.8. The van der Waals surface area contributed by atoms with Crippen molar-refractivity contribution in [3.63, 3.8) is 0 Å². The number of anilines is 1. The Labute approximate surface area is 186 Å². The van der Waals surface area contributed by atoms with E-state index in [-0.39, 0.29) is 11.4 Å². The Balaban J connectivity index is 1.60. The molecule has 1 saturated heterocycles. The Bertz CT molecular complexity index is 872. The molecule has 31 heavy (non-hydrogen) atoms. The maximum Gasteiger partial charge on any atom is 0.321 e. The maximum absolute atomic E-state index is 12.3. The largest absolute Gasteiger partial charge is 0.357 e. The number of nitrogens with one attached hydrogen (secondary N) is 3. The molecule has 0 aromatic heterocycles. The van der Waals surface area contributed by atoms with Crippen LogP contribution in [-0.2, 0) is 12.0 Å². The first-order valence-electron chi connectivity index (χ1n) is 11.2. The van der Waals surface area contributed by atoms with E-state index in [0.717, 1.165) is 56.2 Å². The van der Waals surface area contributed by atoms with Crippen LogP contribution in [0.5, 0.6) is 0 Å². The van der Waals surface area contributed by atoms with Gasteiger partial charge in [-0.1, -0.05) is 56.3 Å². The predicted molar refractivity (Wildman–Crippen MR) is 129 cm³/mol. The first-order chi connectivity index (χ1) is 15.0. The van der Waals surface area contributed by atoms with Gasteiger partial charge >= 0.3 is 6.03 Å². The van der Waals surface area contributed by atoms with Crippen molar-refractivity contribution in [2.45, 2.75) is 45.6 Å². The van der Waals surface area contributed by atoms with Crippen LogP contribution in [0.2, 0.25) is 0 Å². The summed E-state index contributed by atoms with van der Waals surface area (Å²) >= 11 is 0. The summed E-state index contributed by atoms with van der Waals surface area (Å²) in [6.45, 7) is 10.3. The minimum atomic E-state index is -0.0173. The van der Waals surface area contributed by atoms with Gasteiger partial charge in [-0.05, 0) is 43.0 Å². The number of amides is 2. The van der Waals surface area contributed by atoms with E-state index >= 15 is 0 Å². The Morgan fingerprint density at radius 3 is 2.48 bits per heavy atom. The summed E-state index contributed by atoms with van der Waals surface area (Å²) < 4.78 is 0. The van der Waals surface area contributed by atoms with E-state index in [1.165, 1.54) is 5.56 Å². The van der Waals surface area contributed by atoms with Gasteiger partial charge in [0.05, 0.1) is 6.54 Å². The zero-order valence-corrected chi connectivity index (χ0v) is 18.9. The molecule has 3 N–H and O–H groups in total. The average Bonchev–Trinajstić information content (AvgIpc) is 3.32. The van der Waals surface area contributed by atoms with Gasteiger partial charge in [0.1, 0.15) is 0 Å². The van der Waals surface area contributed by atoms with E-state index in [4.69, 9.17) is 4.99 Å². The van der Waals surface area contributed by atoms with Crippen LogP contribution in [0.4, 0.5) is 10.5 Å². The van der Waals surface area contributed by atoms with E-state index < -0.39 is 0 Å². The van der Waals surface area contributed by atoms with Crippen molar-refractivity contribution in [3.8, 4) is 0 Å². The lowest BCUT2D eigenvalue weighted by molar-refractivity contribution is 0.222. The van der Waals surface area contributed by atoms with Crippen molar-refractivity contribution >= 4 is 17.7 Å². The van der Waals surface area contributed by atoms with Gasteiger partial charge in [-0.15, -0.1) is 0 Å². The third-order valence-electron chi connectivity index (χ3n) is 5.59. The fourth-order valence-corrected chi connectivity index (χ4v) is 3.68. The zero-order chi connectivity index (χ0) is 22.1. The summed E-state index contributed by atoms with van der Waals surface area (Å²) in [6.07, 6.45) is 2.17. The molecule has 1 aliphatic heterocycles. The van der Waals surface area contributed by atoms with Crippen LogP contribution in [-0.4, -0.2) is 43.1 Å². The van der Waals surface area contributed by atoms with Crippen LogP contribution in [0.25, 0.3) is 0 Å². The minimum absolute atomic E-state index is 0.0166. The molecule has 1 fully saturated rings. The van der Waals surface area contributed by atoms with E-state index in [1.807, 2.05) is 35.2 Å². The number of carbonyl (C=O) groups is 1. The number of carbonyl (C=O) groups excluding carboxylic acids is 1. The summed E-state index contributed by atoms with van der Waals surface area (Å²) in [7, 11) is 0. The van der Waals surface area contributed by atoms with Crippen molar-refractivity contribution < 1.29 is 4.79 Å². The topological polar surface area (TPSA) is 68.8 Å². The Morgan fingerprint density at radius 1 is 1.03 bits per heavy atom. The quantitative estimate of drug-likeness (QED) is 0.460. The van der Waals surface area contributed by atoms with Crippen LogP contribution in [0.3, 0.4) is 0 Å². The molecule has 3 rings (SSSR count). The third kappa shape index (κ3) is 6.74. The average molecular weight is 422 g/mol. The normalized spacial score (nSPS) is 14.4. The third-order valence-corrected chi connectivity index (χ3v) is 5.59. The molecule has 0 bridgehead atoms. The number of likely N-dealkylation sites (tertiary alicyclic amines) is 1. The van der Waals surface area contributed by atoms with Crippen LogP contribution in [0.15, 0.2) is 59.6 Å². The second-order valence-corrected chi connectivity index (χ2v) is 8.62. The summed E-state index contributed by atoms with van der Waals surface area (Å²) in [5, 5.41) is 9.81. The van der Waals surface area contributed by atoms with E-state index in [1.54, 1.807) is 0 Å². The van der Waals surface area contributed by atoms with Crippen molar-refractivity contribution in [1.29, 1.82) is 0 Å². The molecule has 2 aromatic rings. The molecule has 0 saturated carbocycles. The molecule has 0 aliphatic carbocycles. The van der Waals surface area contributed by atoms with Crippen LogP contribution >= 0.6 is 0 Å². The Hall–Kier alpha value is -3.02. The molecule has 1 aliphatic rings. The summed E-state index contributed by atoms with van der Waals surface area (Å²) in [5.74, 6) is 0.790. The standard InChI is InChI=1S/C25H35N5O/c1-4-26-23(28-19-25(2,3)21-12-6-5-7-13-21)27-18-20-11-10-14-22(17-20)29-24(31)30-15-8-9-16-30/h5-7,10-14,17H,4,8-9,15-16,18-19H2,1-3H3,(H,29,31)(H2,26,27,28). The van der Waals surface area contributed by atoms with Crippen molar-refractivity contribution in [2.75, 3.05) is 31.5 Å². The molecule has 0 unspecified atom stereocenters. The maximum atomic E-state index is 12.3. The lowest BCUT2D eigenvalue weighted by atomic mass is 9.85. The molecule has 6 nitrogen and oxygen atoms in total. The van der Waals surface area contributed by atoms with Gasteiger partial charge in [0.15, 0.2) is 5.96 Å². The number of guanidine groups is 1. The monoisotopic (exact) mass is 421 g/mol. The van der Waals surface area contributed by atoms with Crippen LogP contribution in [0.1, 0.15) is 44.7 Å². The molecule has 6 heteroatoms. The Morgan fingerprint density at radius 2 is 1.77 bits per heavy atom. The van der Waals surface area contributed by atoms with Crippen LogP contribution in [0, 0.1) is 0 Å². The van der Waals surface area contributed by atoms with Gasteiger partial charge in [-0.3, -0.25) is 0 Å². The van der Waals surface area contributed by atoms with E-state index in [0.29, 0.717) is 6.54 Å². The SMILES string of the molecule is CCNC(=NCc1cccc(NC(=O)N2CCCC2)c1)NCC(C)(C)c1ccccc1. The predicted octanol–water partition coefficient (Wildman–Crippen LogP) is 4.35. The number of hydrogen-bond donors (Lipinski definition) is 3. The van der Waals surface area contributed by atoms with Gasteiger partial charge < -0.3 is 20.9 Å². The molecule has 2 aromatic carbocycles. The number of hydrogen-bond acceptors (Lipinski definition) is 2. The molecule has 0 spiro atoms. The summed E-state index contributed by atoms with van der Waals surface area (Å²) in [4.78, 5) is 19.0. The highest BCUT2D eigenvalue weighted by Crippen LogP contribution is 2.21. The molecule has 166 valence electrons. The van der Waals surface area contributed by atoms with Crippen LogP contribution < -0.4 is 16.0 Å². The lowest BCUT2D eigenvalue weighted by Crippen LogP contribution is -2.43. The van der Waals surface area contributed by atoms with Gasteiger partial charge in [-0.25, -0.2) is 9.79 Å². The van der Waals surface area contributed by atoms with Gasteiger partial charge in [-0.2, -0.15) is 0 Å². The number of rotatable bonds is 7. The highest BCUT2D eigenvalue weighted by molar-refractivity contribution is 5.89. The number of urea groups is 1. The fourth-order valence-electron chi connectivity index (χ4n) is 3.68. The molecular formula is C25H35N5O. The molecule has 1 heterocycles. The fraction of sp³-hybridized carbons (Fsp3) is 0.440. The highest BCUT2D eigenvalue weighted by atomic mass is 16.2. The number of nitrogens with zero attached hydrogens (tertiary/aromatic N) is 2. The van der Waals surface area contributed by atoms with Gasteiger partial charge in [0.2, 0.25) is 0 Å². The summed E-state index contributed by atoms with van der Waals surface area (Å²) in [6, 6.07) is 18.4. The smallest absolute Gasteiger partial charge is 0.321 e. The first-order valence-corrected chi connectivity index (χ1v) is 11.2. The Kier molecular flexibility index (Phi) is 7.93. The van der Waals surface area contributed by atoms with Gasteiger partial charge in [0, 0.05) is 37.3 Å². The first kappa shape index (κ1) is 22.7. The van der Waals surface area contributed by atoms with Crippen molar-refractivity contribution in [2.24, 2.45) is 4.99 Å². The van der Waals surface area contributed by atoms with Gasteiger partial charge in [0.25, 0.3) is 0 Å². The minimum Gasteiger partial charge on any atom is -0.357 e. The zero-order valence-electron chi connectivity index (χ0n) is 18.9. The highest BCUT2D eigenvalue weighted by Gasteiger charge is 2.20. The number of aliphatic imine (C=N–C) groups is 1.